The van der Waals surface area contributed by atoms with E-state index < -0.39 is 0 Å². The average Bonchev–Trinajstić information content (AvgIpc) is 2.82. The summed E-state index contributed by atoms with van der Waals surface area (Å²) in [4.78, 5) is 18.9. The van der Waals surface area contributed by atoms with Gasteiger partial charge in [-0.3, -0.25) is 4.79 Å². The van der Waals surface area contributed by atoms with E-state index in [4.69, 9.17) is 0 Å². The number of carbonyl (C=O) groups excluding carboxylic acids is 1. The number of aromatic nitrogens is 1. The number of amides is 1. The van der Waals surface area contributed by atoms with E-state index in [1.807, 2.05) is 32.0 Å². The van der Waals surface area contributed by atoms with E-state index in [0.29, 0.717) is 11.7 Å². The number of rotatable bonds is 3. The predicted molar refractivity (Wildman–Crippen MR) is 88.6 cm³/mol. The Morgan fingerprint density at radius 1 is 1.23 bits per heavy atom. The number of hydrogen-bond acceptors (Lipinski definition) is 3. The number of anilines is 2. The number of fused-ring (bicyclic) bond motifs is 1. The number of pyridine rings is 1. The molecule has 1 atom stereocenters. The van der Waals surface area contributed by atoms with E-state index in [2.05, 4.69) is 40.3 Å². The lowest BCUT2D eigenvalue weighted by Gasteiger charge is -2.24. The zero-order chi connectivity index (χ0) is 15.7. The second-order valence-electron chi connectivity index (χ2n) is 6.06. The summed E-state index contributed by atoms with van der Waals surface area (Å²) in [7, 11) is 0. The van der Waals surface area contributed by atoms with Crippen LogP contribution in [0.2, 0.25) is 0 Å². The molecule has 1 aliphatic heterocycles. The first-order valence-corrected chi connectivity index (χ1v) is 7.71. The minimum absolute atomic E-state index is 0.101. The molecule has 1 N–H and O–H groups in total. The Labute approximate surface area is 131 Å². The third-order valence-corrected chi connectivity index (χ3v) is 3.84. The van der Waals surface area contributed by atoms with Gasteiger partial charge in [0.05, 0.1) is 0 Å². The van der Waals surface area contributed by atoms with Crippen LogP contribution in [0.4, 0.5) is 11.5 Å². The summed E-state index contributed by atoms with van der Waals surface area (Å²) in [5, 5.41) is 2.89. The van der Waals surface area contributed by atoms with Crippen LogP contribution < -0.4 is 10.2 Å². The summed E-state index contributed by atoms with van der Waals surface area (Å²) in [6.45, 7) is 6.07. The first-order chi connectivity index (χ1) is 10.6. The van der Waals surface area contributed by atoms with Gasteiger partial charge >= 0.3 is 0 Å². The first-order valence-electron chi connectivity index (χ1n) is 7.71. The quantitative estimate of drug-likeness (QED) is 0.945. The largest absolute Gasteiger partial charge is 0.349 e. The minimum Gasteiger partial charge on any atom is -0.349 e. The van der Waals surface area contributed by atoms with Crippen molar-refractivity contribution in [1.82, 2.24) is 10.3 Å². The van der Waals surface area contributed by atoms with Gasteiger partial charge < -0.3 is 10.2 Å². The molecule has 22 heavy (non-hydrogen) atoms. The van der Waals surface area contributed by atoms with E-state index in [9.17, 15) is 4.79 Å². The Morgan fingerprint density at radius 2 is 2.00 bits per heavy atom. The summed E-state index contributed by atoms with van der Waals surface area (Å²) in [5.41, 5.74) is 2.97. The summed E-state index contributed by atoms with van der Waals surface area (Å²) in [5.74, 6) is 0.700. The molecule has 0 saturated heterocycles. The number of nitrogens with one attached hydrogen (secondary N) is 1. The lowest BCUT2D eigenvalue weighted by molar-refractivity contribution is 0.0938. The van der Waals surface area contributed by atoms with Crippen LogP contribution in [0.1, 0.15) is 36.8 Å². The molecule has 4 heteroatoms. The molecule has 0 fully saturated rings. The van der Waals surface area contributed by atoms with Crippen LogP contribution >= 0.6 is 0 Å². The van der Waals surface area contributed by atoms with E-state index in [1.165, 1.54) is 11.3 Å². The zero-order valence-corrected chi connectivity index (χ0v) is 13.2. The van der Waals surface area contributed by atoms with Crippen molar-refractivity contribution < 1.29 is 4.79 Å². The zero-order valence-electron chi connectivity index (χ0n) is 13.2. The van der Waals surface area contributed by atoms with Gasteiger partial charge in [0.2, 0.25) is 0 Å². The van der Waals surface area contributed by atoms with Crippen molar-refractivity contribution in [3.05, 3.63) is 53.7 Å². The molecule has 0 aliphatic carbocycles. The highest BCUT2D eigenvalue weighted by Gasteiger charge is 2.27. The molecule has 114 valence electrons. The van der Waals surface area contributed by atoms with Crippen molar-refractivity contribution in [2.45, 2.75) is 39.3 Å². The van der Waals surface area contributed by atoms with Crippen molar-refractivity contribution in [2.24, 2.45) is 0 Å². The Hall–Kier alpha value is -2.36. The summed E-state index contributed by atoms with van der Waals surface area (Å²) >= 11 is 0. The van der Waals surface area contributed by atoms with Crippen molar-refractivity contribution in [3.8, 4) is 0 Å². The Morgan fingerprint density at radius 3 is 2.77 bits per heavy atom. The standard InChI is InChI=1S/C18H21N3O/c1-12(2)19-18(22)15-8-6-10-17(20-15)21-13(3)11-14-7-4-5-9-16(14)21/h4-10,12-13H,11H2,1-3H3,(H,19,22). The average molecular weight is 295 g/mol. The fourth-order valence-electron chi connectivity index (χ4n) is 2.93. The molecule has 2 aromatic rings. The molecule has 0 spiro atoms. The Kier molecular flexibility index (Phi) is 3.84. The van der Waals surface area contributed by atoms with E-state index in [0.717, 1.165) is 12.2 Å². The van der Waals surface area contributed by atoms with Crippen LogP contribution in [-0.2, 0) is 6.42 Å². The molecule has 0 saturated carbocycles. The number of hydrogen-bond donors (Lipinski definition) is 1. The second kappa shape index (κ2) is 5.79. The molecule has 0 radical (unpaired) electrons. The monoisotopic (exact) mass is 295 g/mol. The highest BCUT2D eigenvalue weighted by Crippen LogP contribution is 2.37. The van der Waals surface area contributed by atoms with Crippen LogP contribution in [0.5, 0.6) is 0 Å². The fraction of sp³-hybridized carbons (Fsp3) is 0.333. The highest BCUT2D eigenvalue weighted by molar-refractivity contribution is 5.93. The molecule has 1 unspecified atom stereocenters. The molecule has 2 heterocycles. The summed E-state index contributed by atoms with van der Waals surface area (Å²) in [6, 6.07) is 14.4. The summed E-state index contributed by atoms with van der Waals surface area (Å²) in [6.07, 6.45) is 1.00. The molecule has 1 aliphatic rings. The van der Waals surface area contributed by atoms with Crippen molar-refractivity contribution in [2.75, 3.05) is 4.90 Å². The van der Waals surface area contributed by atoms with Gasteiger partial charge in [0.1, 0.15) is 11.5 Å². The van der Waals surface area contributed by atoms with Crippen molar-refractivity contribution in [3.63, 3.8) is 0 Å². The van der Waals surface area contributed by atoms with Crippen LogP contribution in [0.3, 0.4) is 0 Å². The van der Waals surface area contributed by atoms with Crippen molar-refractivity contribution in [1.29, 1.82) is 0 Å². The lowest BCUT2D eigenvalue weighted by Crippen LogP contribution is -2.31. The van der Waals surface area contributed by atoms with Gasteiger partial charge in [-0.2, -0.15) is 0 Å². The fourth-order valence-corrected chi connectivity index (χ4v) is 2.93. The predicted octanol–water partition coefficient (Wildman–Crippen LogP) is 3.30. The molecule has 4 nitrogen and oxygen atoms in total. The molecule has 3 rings (SSSR count). The maximum atomic E-state index is 12.2. The molecule has 1 aromatic heterocycles. The first kappa shape index (κ1) is 14.6. The van der Waals surface area contributed by atoms with Crippen molar-refractivity contribution >= 4 is 17.4 Å². The van der Waals surface area contributed by atoms with E-state index in [-0.39, 0.29) is 11.9 Å². The van der Waals surface area contributed by atoms with Gasteiger partial charge in [0.15, 0.2) is 0 Å². The third-order valence-electron chi connectivity index (χ3n) is 3.84. The smallest absolute Gasteiger partial charge is 0.270 e. The van der Waals surface area contributed by atoms with Gasteiger partial charge in [-0.1, -0.05) is 24.3 Å². The maximum absolute atomic E-state index is 12.2. The Balaban J connectivity index is 1.94. The molecular weight excluding hydrogens is 274 g/mol. The van der Waals surface area contributed by atoms with Crippen LogP contribution in [0.25, 0.3) is 0 Å². The molecule has 0 bridgehead atoms. The van der Waals surface area contributed by atoms with Crippen LogP contribution in [0, 0.1) is 0 Å². The second-order valence-corrected chi connectivity index (χ2v) is 6.06. The highest BCUT2D eigenvalue weighted by atomic mass is 16.1. The summed E-state index contributed by atoms with van der Waals surface area (Å²) < 4.78 is 0. The van der Waals surface area contributed by atoms with Crippen LogP contribution in [0.15, 0.2) is 42.5 Å². The number of nitrogens with zero attached hydrogens (tertiary/aromatic N) is 2. The van der Waals surface area contributed by atoms with Gasteiger partial charge in [-0.05, 0) is 51.0 Å². The lowest BCUT2D eigenvalue weighted by atomic mass is 10.1. The Bertz CT molecular complexity index is 696. The van der Waals surface area contributed by atoms with Crippen LogP contribution in [-0.4, -0.2) is 23.0 Å². The SMILES string of the molecule is CC(C)NC(=O)c1cccc(N2c3ccccc3CC2C)n1. The topological polar surface area (TPSA) is 45.2 Å². The number of para-hydroxylation sites is 1. The molecule has 1 amide bonds. The maximum Gasteiger partial charge on any atom is 0.270 e. The number of carbonyl (C=O) groups is 1. The minimum atomic E-state index is -0.128. The van der Waals surface area contributed by atoms with Gasteiger partial charge in [-0.15, -0.1) is 0 Å². The normalized spacial score (nSPS) is 16.7. The molecule has 1 aromatic carbocycles. The van der Waals surface area contributed by atoms with E-state index in [1.54, 1.807) is 6.07 Å². The van der Waals surface area contributed by atoms with Gasteiger partial charge in [0.25, 0.3) is 5.91 Å². The van der Waals surface area contributed by atoms with Gasteiger partial charge in [0, 0.05) is 17.8 Å². The van der Waals surface area contributed by atoms with E-state index >= 15 is 0 Å². The number of benzene rings is 1. The molecular formula is C18H21N3O. The third kappa shape index (κ3) is 2.69. The van der Waals surface area contributed by atoms with Gasteiger partial charge in [-0.25, -0.2) is 4.98 Å².